The molecular weight excluding hydrogens is 423 g/mol. The number of para-hydroxylation sites is 1. The molecule has 2 aromatic heterocycles. The number of benzene rings is 2. The van der Waals surface area contributed by atoms with Crippen LogP contribution in [0, 0.1) is 12.7 Å². The number of nitrogens with zero attached hydrogens (tertiary/aromatic N) is 6. The molecule has 0 radical (unpaired) electrons. The van der Waals surface area contributed by atoms with Gasteiger partial charge in [0.05, 0.1) is 6.54 Å². The maximum Gasteiger partial charge on any atom is 0.274 e. The molecule has 8 nitrogen and oxygen atoms in total. The first-order chi connectivity index (χ1) is 16.1. The molecule has 9 heteroatoms. The average Bonchev–Trinajstić information content (AvgIpc) is 3.50. The van der Waals surface area contributed by atoms with Crippen LogP contribution in [0.2, 0.25) is 0 Å². The molecule has 168 valence electrons. The minimum atomic E-state index is -0.389. The van der Waals surface area contributed by atoms with Gasteiger partial charge in [-0.25, -0.2) is 9.07 Å². The monoisotopic (exact) mass is 446 g/mol. The second-order valence-electron chi connectivity index (χ2n) is 7.99. The van der Waals surface area contributed by atoms with Crippen molar-refractivity contribution in [1.82, 2.24) is 29.7 Å². The molecule has 0 atom stereocenters. The Balaban J connectivity index is 1.18. The minimum absolute atomic E-state index is 0.163. The number of carbonyl (C=O) groups excluding carboxylic acids is 1. The predicted molar refractivity (Wildman–Crippen MR) is 119 cm³/mol. The molecular formula is C24H23FN6O2. The van der Waals surface area contributed by atoms with E-state index < -0.39 is 0 Å². The summed E-state index contributed by atoms with van der Waals surface area (Å²) in [5, 5.41) is 8.39. The van der Waals surface area contributed by atoms with Crippen LogP contribution in [-0.2, 0) is 6.54 Å². The quantitative estimate of drug-likeness (QED) is 0.468. The smallest absolute Gasteiger partial charge is 0.274 e. The van der Waals surface area contributed by atoms with Crippen LogP contribution in [0.15, 0.2) is 65.3 Å². The fraction of sp³-hybridized carbons (Fsp3) is 0.250. The van der Waals surface area contributed by atoms with Crippen LogP contribution in [0.25, 0.3) is 17.1 Å². The molecule has 0 saturated carbocycles. The summed E-state index contributed by atoms with van der Waals surface area (Å²) in [6.07, 6.45) is 1.60. The summed E-state index contributed by atoms with van der Waals surface area (Å²) in [5.74, 6) is 0.586. The number of aromatic nitrogens is 4. The van der Waals surface area contributed by atoms with Crippen molar-refractivity contribution < 1.29 is 13.7 Å². The summed E-state index contributed by atoms with van der Waals surface area (Å²) in [7, 11) is 0. The van der Waals surface area contributed by atoms with Gasteiger partial charge in [0.15, 0.2) is 5.69 Å². The van der Waals surface area contributed by atoms with E-state index in [2.05, 4.69) is 20.1 Å². The van der Waals surface area contributed by atoms with Crippen molar-refractivity contribution in [3.05, 3.63) is 83.8 Å². The highest BCUT2D eigenvalue weighted by molar-refractivity contribution is 5.92. The fourth-order valence-corrected chi connectivity index (χ4v) is 3.92. The molecule has 4 aromatic rings. The summed E-state index contributed by atoms with van der Waals surface area (Å²) in [6, 6.07) is 15.9. The lowest BCUT2D eigenvalue weighted by Gasteiger charge is -2.33. The number of hydrogen-bond acceptors (Lipinski definition) is 6. The van der Waals surface area contributed by atoms with Gasteiger partial charge in [-0.05, 0) is 30.7 Å². The Kier molecular flexibility index (Phi) is 5.70. The number of carbonyl (C=O) groups is 1. The number of aryl methyl sites for hydroxylation is 1. The largest absolute Gasteiger partial charge is 0.338 e. The standard InChI is InChI=1S/C24H23FN6O2/c1-17-6-2-3-7-18(17)23-26-22(33-28-23)16-29-12-14-30(15-13-29)24(32)20-10-11-31(27-20)21-9-5-4-8-19(21)25/h2-11H,12-16H2,1H3. The predicted octanol–water partition coefficient (Wildman–Crippen LogP) is 3.33. The Morgan fingerprint density at radius 2 is 1.79 bits per heavy atom. The first-order valence-electron chi connectivity index (χ1n) is 10.8. The van der Waals surface area contributed by atoms with E-state index in [-0.39, 0.29) is 11.7 Å². The lowest BCUT2D eigenvalue weighted by molar-refractivity contribution is 0.0609. The van der Waals surface area contributed by atoms with Crippen molar-refractivity contribution in [3.8, 4) is 17.1 Å². The third-order valence-electron chi connectivity index (χ3n) is 5.78. The van der Waals surface area contributed by atoms with Crippen molar-refractivity contribution in [3.63, 3.8) is 0 Å². The Hall–Kier alpha value is -3.85. The molecule has 1 amide bonds. The van der Waals surface area contributed by atoms with Gasteiger partial charge in [-0.15, -0.1) is 0 Å². The van der Waals surface area contributed by atoms with Crippen LogP contribution < -0.4 is 0 Å². The topological polar surface area (TPSA) is 80.3 Å². The summed E-state index contributed by atoms with van der Waals surface area (Å²) in [5.41, 5.74) is 2.66. The zero-order valence-electron chi connectivity index (χ0n) is 18.2. The van der Waals surface area contributed by atoms with Gasteiger partial charge in [0.2, 0.25) is 11.7 Å². The zero-order chi connectivity index (χ0) is 22.8. The van der Waals surface area contributed by atoms with Crippen molar-refractivity contribution in [2.24, 2.45) is 0 Å². The molecule has 0 aliphatic carbocycles. The zero-order valence-corrected chi connectivity index (χ0v) is 18.2. The van der Waals surface area contributed by atoms with E-state index in [0.29, 0.717) is 55.8 Å². The summed E-state index contributed by atoms with van der Waals surface area (Å²) in [4.78, 5) is 21.4. The Labute approximate surface area is 190 Å². The lowest BCUT2D eigenvalue weighted by Crippen LogP contribution is -2.48. The second-order valence-corrected chi connectivity index (χ2v) is 7.99. The van der Waals surface area contributed by atoms with Crippen LogP contribution >= 0.6 is 0 Å². The first kappa shape index (κ1) is 21.0. The molecule has 5 rings (SSSR count). The van der Waals surface area contributed by atoms with Crippen molar-refractivity contribution in [2.45, 2.75) is 13.5 Å². The highest BCUT2D eigenvalue weighted by Crippen LogP contribution is 2.20. The van der Waals surface area contributed by atoms with Crippen LogP contribution in [0.3, 0.4) is 0 Å². The van der Waals surface area contributed by atoms with Gasteiger partial charge in [0, 0.05) is 37.9 Å². The SMILES string of the molecule is Cc1ccccc1-c1noc(CN2CCN(C(=O)c3ccn(-c4ccccc4F)n3)CC2)n1. The number of hydrogen-bond donors (Lipinski definition) is 0. The molecule has 1 aliphatic rings. The van der Waals surface area contributed by atoms with Gasteiger partial charge < -0.3 is 9.42 Å². The van der Waals surface area contributed by atoms with E-state index in [1.54, 1.807) is 35.4 Å². The van der Waals surface area contributed by atoms with Gasteiger partial charge in [0.1, 0.15) is 11.5 Å². The molecule has 2 aromatic carbocycles. The normalized spacial score (nSPS) is 14.5. The van der Waals surface area contributed by atoms with Crippen LogP contribution in [0.5, 0.6) is 0 Å². The molecule has 3 heterocycles. The van der Waals surface area contributed by atoms with Crippen LogP contribution in [0.4, 0.5) is 4.39 Å². The van der Waals surface area contributed by atoms with Gasteiger partial charge in [0.25, 0.3) is 5.91 Å². The highest BCUT2D eigenvalue weighted by atomic mass is 19.1. The molecule has 1 aliphatic heterocycles. The van der Waals surface area contributed by atoms with E-state index >= 15 is 0 Å². The number of amides is 1. The third kappa shape index (κ3) is 4.40. The molecule has 1 saturated heterocycles. The van der Waals surface area contributed by atoms with E-state index in [1.165, 1.54) is 10.7 Å². The van der Waals surface area contributed by atoms with E-state index in [4.69, 9.17) is 4.52 Å². The maximum absolute atomic E-state index is 14.0. The van der Waals surface area contributed by atoms with Crippen molar-refractivity contribution in [1.29, 1.82) is 0 Å². The van der Waals surface area contributed by atoms with Gasteiger partial charge in [-0.2, -0.15) is 10.1 Å². The highest BCUT2D eigenvalue weighted by Gasteiger charge is 2.25. The Morgan fingerprint density at radius 1 is 1.03 bits per heavy atom. The number of rotatable bonds is 5. The van der Waals surface area contributed by atoms with Crippen molar-refractivity contribution >= 4 is 5.91 Å². The van der Waals surface area contributed by atoms with E-state index in [0.717, 1.165) is 11.1 Å². The first-order valence-corrected chi connectivity index (χ1v) is 10.8. The molecule has 0 spiro atoms. The number of piperazine rings is 1. The summed E-state index contributed by atoms with van der Waals surface area (Å²) >= 11 is 0. The van der Waals surface area contributed by atoms with E-state index in [9.17, 15) is 9.18 Å². The average molecular weight is 446 g/mol. The molecule has 0 unspecified atom stereocenters. The van der Waals surface area contributed by atoms with Gasteiger partial charge in [-0.3, -0.25) is 9.69 Å². The molecule has 1 fully saturated rings. The molecule has 0 N–H and O–H groups in total. The van der Waals surface area contributed by atoms with Gasteiger partial charge >= 0.3 is 0 Å². The lowest BCUT2D eigenvalue weighted by atomic mass is 10.1. The fourth-order valence-electron chi connectivity index (χ4n) is 3.92. The van der Waals surface area contributed by atoms with E-state index in [1.807, 2.05) is 31.2 Å². The Bertz CT molecular complexity index is 1280. The Morgan fingerprint density at radius 3 is 2.58 bits per heavy atom. The maximum atomic E-state index is 14.0. The van der Waals surface area contributed by atoms with Crippen LogP contribution in [0.1, 0.15) is 21.9 Å². The van der Waals surface area contributed by atoms with Crippen LogP contribution in [-0.4, -0.2) is 61.8 Å². The van der Waals surface area contributed by atoms with Gasteiger partial charge in [-0.1, -0.05) is 41.6 Å². The summed E-state index contributed by atoms with van der Waals surface area (Å²) < 4.78 is 20.8. The second kappa shape index (κ2) is 8.95. The molecule has 0 bridgehead atoms. The summed E-state index contributed by atoms with van der Waals surface area (Å²) in [6.45, 7) is 5.03. The minimum Gasteiger partial charge on any atom is -0.338 e. The molecule has 33 heavy (non-hydrogen) atoms. The third-order valence-corrected chi connectivity index (χ3v) is 5.78. The van der Waals surface area contributed by atoms with Crippen molar-refractivity contribution in [2.75, 3.05) is 26.2 Å². The number of halogens is 1.